The summed E-state index contributed by atoms with van der Waals surface area (Å²) in [4.78, 5) is 23.4. The molecule has 1 aliphatic rings. The van der Waals surface area contributed by atoms with E-state index in [4.69, 9.17) is 17.0 Å². The van der Waals surface area contributed by atoms with Crippen LogP contribution >= 0.6 is 23.4 Å². The fraction of sp³-hybridized carbons (Fsp3) is 0.148. The number of amides is 1. The lowest BCUT2D eigenvalue weighted by Crippen LogP contribution is -2.10. The van der Waals surface area contributed by atoms with Crippen LogP contribution in [0.2, 0.25) is 5.02 Å². The van der Waals surface area contributed by atoms with Gasteiger partial charge in [-0.1, -0.05) is 17.7 Å². The van der Waals surface area contributed by atoms with Crippen LogP contribution in [0.5, 0.6) is 0 Å². The second-order valence-corrected chi connectivity index (χ2v) is 9.40. The molecule has 2 N–H and O–H groups in total. The highest BCUT2D eigenvalue weighted by Crippen LogP contribution is 2.38. The number of halogens is 1. The summed E-state index contributed by atoms with van der Waals surface area (Å²) in [5.41, 5.74) is 6.55. The zero-order chi connectivity index (χ0) is 25.7. The number of rotatable bonds is 5. The summed E-state index contributed by atoms with van der Waals surface area (Å²) in [6.07, 6.45) is 4.95. The zero-order valence-corrected chi connectivity index (χ0v) is 21.4. The quantitative estimate of drug-likeness (QED) is 0.168. The molecule has 1 aliphatic carbocycles. The summed E-state index contributed by atoms with van der Waals surface area (Å²) in [6, 6.07) is 20.5. The smallest absolute Gasteiger partial charge is 0.221 e. The van der Waals surface area contributed by atoms with Crippen LogP contribution in [-0.4, -0.2) is 28.2 Å². The van der Waals surface area contributed by atoms with Crippen LogP contribution in [0.4, 0.5) is 11.4 Å². The average Bonchev–Trinajstić information content (AvgIpc) is 3.28. The number of nitrogens with one attached hydrogen (secondary N) is 2. The van der Waals surface area contributed by atoms with Gasteiger partial charge in [0.1, 0.15) is 11.4 Å². The Balaban J connectivity index is 0.000000286. The third-order valence-corrected chi connectivity index (χ3v) is 6.73. The van der Waals surface area contributed by atoms with Gasteiger partial charge < -0.3 is 10.7 Å². The molecule has 0 fully saturated rings. The van der Waals surface area contributed by atoms with Crippen molar-refractivity contribution >= 4 is 46.9 Å². The third kappa shape index (κ3) is 5.56. The van der Waals surface area contributed by atoms with Gasteiger partial charge in [-0.3, -0.25) is 4.79 Å². The lowest BCUT2D eigenvalue weighted by atomic mass is 9.88. The van der Waals surface area contributed by atoms with E-state index in [1.165, 1.54) is 23.6 Å². The van der Waals surface area contributed by atoms with Gasteiger partial charge in [-0.25, -0.2) is 4.68 Å². The predicted molar refractivity (Wildman–Crippen MR) is 147 cm³/mol. The van der Waals surface area contributed by atoms with E-state index in [0.29, 0.717) is 11.4 Å². The van der Waals surface area contributed by atoms with Crippen molar-refractivity contribution in [2.24, 2.45) is 5.18 Å². The van der Waals surface area contributed by atoms with Gasteiger partial charge in [0.05, 0.1) is 11.4 Å². The number of aromatic nitrogens is 2. The van der Waals surface area contributed by atoms with Crippen LogP contribution in [0.3, 0.4) is 0 Å². The van der Waals surface area contributed by atoms with Crippen molar-refractivity contribution in [1.29, 1.82) is 5.41 Å². The summed E-state index contributed by atoms with van der Waals surface area (Å²) >= 11 is 7.38. The number of aryl methyl sites for hydroxylation is 1. The summed E-state index contributed by atoms with van der Waals surface area (Å²) in [7, 11) is 0. The maximum atomic E-state index is 11.4. The minimum atomic E-state index is -0.128. The largest absolute Gasteiger partial charge is 0.326 e. The summed E-state index contributed by atoms with van der Waals surface area (Å²) in [6.45, 7) is 1.48. The van der Waals surface area contributed by atoms with Gasteiger partial charge in [0.25, 0.3) is 0 Å². The molecule has 0 atom stereocenters. The fourth-order valence-corrected chi connectivity index (χ4v) is 4.61. The Morgan fingerprint density at radius 1 is 1.11 bits per heavy atom. The predicted octanol–water partition coefficient (Wildman–Crippen LogP) is 7.05. The Hall–Kier alpha value is -3.75. The number of nitroso groups, excluding NO2 is 1. The Bertz CT molecular complexity index is 1420. The molecule has 1 aromatic heterocycles. The maximum Gasteiger partial charge on any atom is 0.221 e. The Labute approximate surface area is 218 Å². The number of anilines is 1. The van der Waals surface area contributed by atoms with Crippen LogP contribution in [0.25, 0.3) is 16.9 Å². The first-order chi connectivity index (χ1) is 17.4. The highest BCUT2D eigenvalue weighted by atomic mass is 35.5. The minimum Gasteiger partial charge on any atom is -0.326 e. The zero-order valence-electron chi connectivity index (χ0n) is 19.8. The second kappa shape index (κ2) is 11.3. The number of benzene rings is 3. The van der Waals surface area contributed by atoms with Crippen LogP contribution in [-0.2, 0) is 17.6 Å². The van der Waals surface area contributed by atoms with Crippen molar-refractivity contribution in [2.45, 2.75) is 24.7 Å². The number of carbonyl (C=O) groups excluding carboxylic acids is 1. The molecule has 9 heteroatoms. The number of hydrogen-bond donors (Lipinski definition) is 2. The van der Waals surface area contributed by atoms with E-state index in [0.717, 1.165) is 46.1 Å². The summed E-state index contributed by atoms with van der Waals surface area (Å²) in [5, 5.41) is 18.9. The van der Waals surface area contributed by atoms with Gasteiger partial charge in [0.15, 0.2) is 0 Å². The molecule has 0 spiro atoms. The third-order valence-electron chi connectivity index (χ3n) is 5.73. The van der Waals surface area contributed by atoms with Gasteiger partial charge in [-0.2, -0.15) is 5.10 Å². The topological polar surface area (TPSA) is 100 Å². The van der Waals surface area contributed by atoms with E-state index in [2.05, 4.69) is 15.6 Å². The van der Waals surface area contributed by atoms with Crippen molar-refractivity contribution in [1.82, 2.24) is 9.78 Å². The molecule has 0 radical (unpaired) electrons. The first-order valence-electron chi connectivity index (χ1n) is 11.2. The molecule has 5 rings (SSSR count). The van der Waals surface area contributed by atoms with Gasteiger partial charge >= 0.3 is 0 Å². The van der Waals surface area contributed by atoms with Gasteiger partial charge in [0.2, 0.25) is 5.91 Å². The van der Waals surface area contributed by atoms with Gasteiger partial charge in [-0.15, -0.1) is 16.7 Å². The van der Waals surface area contributed by atoms with Gasteiger partial charge in [0, 0.05) is 39.9 Å². The number of nitrogens with zero attached hydrogens (tertiary/aromatic N) is 3. The molecule has 182 valence electrons. The molecule has 0 aliphatic heterocycles. The number of thioether (sulfide) groups is 1. The highest BCUT2D eigenvalue weighted by Gasteiger charge is 2.25. The van der Waals surface area contributed by atoms with Crippen molar-refractivity contribution in [2.75, 3.05) is 11.6 Å². The van der Waals surface area contributed by atoms with Crippen molar-refractivity contribution in [3.8, 4) is 16.9 Å². The molecule has 1 amide bonds. The van der Waals surface area contributed by atoms with Crippen LogP contribution in [0.15, 0.2) is 76.8 Å². The molecule has 0 bridgehead atoms. The number of hydrogen-bond acceptors (Lipinski definition) is 6. The van der Waals surface area contributed by atoms with Crippen LogP contribution in [0, 0.1) is 10.3 Å². The Morgan fingerprint density at radius 3 is 2.44 bits per heavy atom. The minimum absolute atomic E-state index is 0.128. The molecular formula is C27H24ClN5O2S. The monoisotopic (exact) mass is 517 g/mol. The fourth-order valence-electron chi connectivity index (χ4n) is 4.07. The summed E-state index contributed by atoms with van der Waals surface area (Å²) in [5.74, 6) is -0.128. The maximum absolute atomic E-state index is 11.4. The highest BCUT2D eigenvalue weighted by molar-refractivity contribution is 7.98. The van der Waals surface area contributed by atoms with E-state index in [1.54, 1.807) is 40.7 Å². The molecule has 36 heavy (non-hydrogen) atoms. The van der Waals surface area contributed by atoms with E-state index < -0.39 is 0 Å². The van der Waals surface area contributed by atoms with Crippen LogP contribution in [0.1, 0.15) is 23.7 Å². The molecule has 7 nitrogen and oxygen atoms in total. The van der Waals surface area contributed by atoms with E-state index in [9.17, 15) is 9.70 Å². The van der Waals surface area contributed by atoms with E-state index in [1.807, 2.05) is 48.7 Å². The molecule has 1 heterocycles. The Kier molecular flexibility index (Phi) is 7.97. The van der Waals surface area contributed by atoms with Crippen LogP contribution < -0.4 is 5.32 Å². The molecule has 0 unspecified atom stereocenters. The standard InChI is InChI=1S/C20H17N5O2.C7H7ClS/c1-12(26)22-15-4-2-13-3-9-17-19(11-21)23-25(20(17)18(13)10-15)16-7-5-14(24-27)6-8-16;1-9-7-4-2-6(8)3-5-7/h2,4-8,10-11,21H,3,9H2,1H3,(H,22,26);2-5H,1H3. The van der Waals surface area contributed by atoms with Gasteiger partial charge in [-0.05, 0) is 90.5 Å². The molecule has 4 aromatic rings. The SMILES string of the molecule is CC(=O)Nc1ccc2c(c1)-c1c(c(C=N)nn1-c1ccc(N=O)cc1)CC2.CSc1ccc(Cl)cc1. The van der Waals surface area contributed by atoms with Crippen molar-refractivity contribution in [3.63, 3.8) is 0 Å². The van der Waals surface area contributed by atoms with Crippen molar-refractivity contribution < 1.29 is 4.79 Å². The molecular weight excluding hydrogens is 494 g/mol. The first kappa shape index (κ1) is 25.3. The summed E-state index contributed by atoms with van der Waals surface area (Å²) < 4.78 is 1.79. The van der Waals surface area contributed by atoms with E-state index >= 15 is 0 Å². The van der Waals surface area contributed by atoms with E-state index in [-0.39, 0.29) is 5.91 Å². The lowest BCUT2D eigenvalue weighted by Gasteiger charge is -2.20. The van der Waals surface area contributed by atoms with Crippen molar-refractivity contribution in [3.05, 3.63) is 93.5 Å². The lowest BCUT2D eigenvalue weighted by molar-refractivity contribution is -0.114. The number of fused-ring (bicyclic) bond motifs is 3. The average molecular weight is 518 g/mol. The first-order valence-corrected chi connectivity index (χ1v) is 12.8. The molecule has 0 saturated carbocycles. The second-order valence-electron chi connectivity index (χ2n) is 8.09. The normalized spacial score (nSPS) is 11.4. The Morgan fingerprint density at radius 2 is 1.83 bits per heavy atom. The molecule has 0 saturated heterocycles. The molecule has 3 aromatic carbocycles. The number of carbonyl (C=O) groups is 1.